The molecule has 0 aromatic rings. The molecule has 0 aromatic carbocycles. The van der Waals surface area contributed by atoms with Crippen LogP contribution in [-0.4, -0.2) is 44.2 Å². The van der Waals surface area contributed by atoms with Crippen molar-refractivity contribution in [3.8, 4) is 0 Å². The Morgan fingerprint density at radius 2 is 1.88 bits per heavy atom. The van der Waals surface area contributed by atoms with Crippen LogP contribution in [0.15, 0.2) is 24.3 Å². The van der Waals surface area contributed by atoms with Crippen molar-refractivity contribution < 1.29 is 25.2 Å². The summed E-state index contributed by atoms with van der Waals surface area (Å²) < 4.78 is 0. The van der Waals surface area contributed by atoms with E-state index < -0.39 is 23.8 Å². The Hall–Kier alpha value is -1.17. The van der Waals surface area contributed by atoms with Gasteiger partial charge in [-0.25, -0.2) is 0 Å². The molecule has 0 saturated heterocycles. The molecule has 0 radical (unpaired) electrons. The molecule has 1 aliphatic carbocycles. The van der Waals surface area contributed by atoms with Gasteiger partial charge in [0, 0.05) is 18.8 Å². The van der Waals surface area contributed by atoms with E-state index in [1.807, 2.05) is 18.2 Å². The monoisotopic (exact) mass is 368 g/mol. The minimum Gasteiger partial charge on any atom is -0.481 e. The zero-order chi connectivity index (χ0) is 19.6. The fraction of sp³-hybridized carbons (Fsp3) is 0.762. The molecule has 0 spiro atoms. The van der Waals surface area contributed by atoms with Crippen LogP contribution in [0.25, 0.3) is 0 Å². The third-order valence-corrected chi connectivity index (χ3v) is 5.22. The number of allylic oxidation sites excluding steroid dienone is 2. The Bertz CT molecular complexity index is 469. The third-order valence-electron chi connectivity index (χ3n) is 5.22. The van der Waals surface area contributed by atoms with Gasteiger partial charge in [0.15, 0.2) is 0 Å². The second-order valence-electron chi connectivity index (χ2n) is 7.78. The van der Waals surface area contributed by atoms with Gasteiger partial charge in [-0.15, -0.1) is 0 Å². The predicted molar refractivity (Wildman–Crippen MR) is 103 cm³/mol. The van der Waals surface area contributed by atoms with Gasteiger partial charge >= 0.3 is 5.97 Å². The first kappa shape index (κ1) is 22.9. The molecule has 1 rings (SSSR count). The summed E-state index contributed by atoms with van der Waals surface area (Å²) >= 11 is 0. The van der Waals surface area contributed by atoms with Gasteiger partial charge in [0.25, 0.3) is 0 Å². The molecule has 0 aliphatic heterocycles. The van der Waals surface area contributed by atoms with E-state index in [9.17, 15) is 20.1 Å². The molecule has 4 N–H and O–H groups in total. The van der Waals surface area contributed by atoms with E-state index in [4.69, 9.17) is 5.11 Å². The number of unbranched alkanes of at least 4 members (excludes halogenated alkanes) is 3. The number of aliphatic carboxylic acids is 1. The largest absolute Gasteiger partial charge is 0.481 e. The van der Waals surface area contributed by atoms with Gasteiger partial charge in [-0.3, -0.25) is 4.79 Å². The second-order valence-corrected chi connectivity index (χ2v) is 7.78. The quantitative estimate of drug-likeness (QED) is 0.312. The summed E-state index contributed by atoms with van der Waals surface area (Å²) in [7, 11) is 0. The Kier molecular flexibility index (Phi) is 10.1. The maximum atomic E-state index is 10.5. The van der Waals surface area contributed by atoms with Gasteiger partial charge in [0.1, 0.15) is 0 Å². The molecular formula is C21H36O5. The Morgan fingerprint density at radius 3 is 2.54 bits per heavy atom. The van der Waals surface area contributed by atoms with Gasteiger partial charge in [-0.2, -0.15) is 0 Å². The highest BCUT2D eigenvalue weighted by atomic mass is 16.4. The van der Waals surface area contributed by atoms with Crippen LogP contribution in [0.2, 0.25) is 0 Å². The number of aliphatic hydroxyl groups excluding tert-OH is 2. The average molecular weight is 369 g/mol. The fourth-order valence-corrected chi connectivity index (χ4v) is 3.58. The Labute approximate surface area is 157 Å². The number of rotatable bonds is 12. The smallest absolute Gasteiger partial charge is 0.303 e. The molecule has 1 fully saturated rings. The van der Waals surface area contributed by atoms with Crippen LogP contribution in [0.4, 0.5) is 0 Å². The van der Waals surface area contributed by atoms with E-state index in [1.54, 1.807) is 13.0 Å². The van der Waals surface area contributed by atoms with Gasteiger partial charge < -0.3 is 20.4 Å². The lowest BCUT2D eigenvalue weighted by Crippen LogP contribution is -2.24. The highest BCUT2D eigenvalue weighted by Crippen LogP contribution is 2.37. The van der Waals surface area contributed by atoms with Crippen molar-refractivity contribution in [1.29, 1.82) is 0 Å². The molecule has 5 nitrogen and oxygen atoms in total. The van der Waals surface area contributed by atoms with Gasteiger partial charge in [-0.1, -0.05) is 50.5 Å². The van der Waals surface area contributed by atoms with Gasteiger partial charge in [0.2, 0.25) is 0 Å². The minimum atomic E-state index is -0.889. The van der Waals surface area contributed by atoms with Crippen LogP contribution in [-0.2, 0) is 4.79 Å². The van der Waals surface area contributed by atoms with E-state index in [1.165, 1.54) is 0 Å². The molecular weight excluding hydrogens is 332 g/mol. The lowest BCUT2D eigenvalue weighted by molar-refractivity contribution is -0.137. The highest BCUT2D eigenvalue weighted by Gasteiger charge is 2.39. The average Bonchev–Trinajstić information content (AvgIpc) is 2.82. The molecule has 1 aliphatic rings. The molecule has 26 heavy (non-hydrogen) atoms. The van der Waals surface area contributed by atoms with E-state index in [2.05, 4.69) is 6.92 Å². The summed E-state index contributed by atoms with van der Waals surface area (Å²) in [6.07, 6.45) is 12.7. The summed E-state index contributed by atoms with van der Waals surface area (Å²) in [6, 6.07) is 0. The first-order valence-corrected chi connectivity index (χ1v) is 9.91. The standard InChI is InChI=1S/C21H36O5/c1-3-4-9-13-21(2,26)14-12-17-16(18(22)15-19(17)23)10-7-5-6-8-11-20(24)25/h5,7,12,14,16-19,22-23,26H,3-4,6,8-11,13,15H2,1-2H3,(H,24,25)/b7-5+,14-12+/t16-,17-,18?,19?,21?/m1/s1. The van der Waals surface area contributed by atoms with Crippen LogP contribution in [0, 0.1) is 11.8 Å². The summed E-state index contributed by atoms with van der Waals surface area (Å²) in [6.45, 7) is 3.91. The summed E-state index contributed by atoms with van der Waals surface area (Å²) in [5.74, 6) is -1.04. The Balaban J connectivity index is 2.56. The lowest BCUT2D eigenvalue weighted by Gasteiger charge is -2.23. The first-order chi connectivity index (χ1) is 12.3. The maximum Gasteiger partial charge on any atom is 0.303 e. The summed E-state index contributed by atoms with van der Waals surface area (Å²) in [5.41, 5.74) is -0.889. The van der Waals surface area contributed by atoms with Crippen molar-refractivity contribution >= 4 is 5.97 Å². The van der Waals surface area contributed by atoms with Gasteiger partial charge in [0.05, 0.1) is 17.8 Å². The highest BCUT2D eigenvalue weighted by molar-refractivity contribution is 5.66. The molecule has 5 atom stereocenters. The van der Waals surface area contributed by atoms with Crippen LogP contribution in [0.3, 0.4) is 0 Å². The maximum absolute atomic E-state index is 10.5. The number of hydrogen-bond donors (Lipinski definition) is 4. The topological polar surface area (TPSA) is 98.0 Å². The van der Waals surface area contributed by atoms with E-state index in [0.717, 1.165) is 19.3 Å². The lowest BCUT2D eigenvalue weighted by atomic mass is 9.88. The van der Waals surface area contributed by atoms with Crippen molar-refractivity contribution in [1.82, 2.24) is 0 Å². The number of carboxylic acid groups (broad SMARTS) is 1. The summed E-state index contributed by atoms with van der Waals surface area (Å²) in [4.78, 5) is 10.5. The normalized spacial score (nSPS) is 28.8. The van der Waals surface area contributed by atoms with Crippen molar-refractivity contribution in [3.63, 3.8) is 0 Å². The number of hydrogen-bond acceptors (Lipinski definition) is 4. The van der Waals surface area contributed by atoms with E-state index >= 15 is 0 Å². The Morgan fingerprint density at radius 1 is 1.15 bits per heavy atom. The minimum absolute atomic E-state index is 0.0802. The predicted octanol–water partition coefficient (Wildman–Crippen LogP) is 3.43. The van der Waals surface area contributed by atoms with Crippen molar-refractivity contribution in [2.75, 3.05) is 0 Å². The van der Waals surface area contributed by atoms with E-state index in [-0.39, 0.29) is 18.3 Å². The van der Waals surface area contributed by atoms with Crippen LogP contribution < -0.4 is 0 Å². The second kappa shape index (κ2) is 11.5. The SMILES string of the molecule is CCCCCC(C)(O)/C=C/[C@H]1C(O)CC(O)[C@@H]1C/C=C/CCCC(=O)O. The summed E-state index contributed by atoms with van der Waals surface area (Å²) in [5, 5.41) is 39.6. The van der Waals surface area contributed by atoms with Crippen LogP contribution in [0.5, 0.6) is 0 Å². The fourth-order valence-electron chi connectivity index (χ4n) is 3.58. The van der Waals surface area contributed by atoms with Crippen molar-refractivity contribution in [2.45, 2.75) is 89.4 Å². The number of aliphatic hydroxyl groups is 3. The number of carboxylic acids is 1. The van der Waals surface area contributed by atoms with Crippen molar-refractivity contribution in [2.24, 2.45) is 11.8 Å². The molecule has 5 heteroatoms. The molecule has 3 unspecified atom stereocenters. The molecule has 0 bridgehead atoms. The molecule has 0 aromatic heterocycles. The molecule has 0 amide bonds. The molecule has 150 valence electrons. The van der Waals surface area contributed by atoms with Gasteiger partial charge in [-0.05, 0) is 38.5 Å². The van der Waals surface area contributed by atoms with E-state index in [0.29, 0.717) is 32.1 Å². The third kappa shape index (κ3) is 8.47. The number of carbonyl (C=O) groups is 1. The van der Waals surface area contributed by atoms with Crippen LogP contribution in [0.1, 0.15) is 71.6 Å². The zero-order valence-corrected chi connectivity index (χ0v) is 16.2. The molecule has 0 heterocycles. The van der Waals surface area contributed by atoms with Crippen molar-refractivity contribution in [3.05, 3.63) is 24.3 Å². The first-order valence-electron chi connectivity index (χ1n) is 9.91. The molecule has 1 saturated carbocycles. The van der Waals surface area contributed by atoms with Crippen LogP contribution >= 0.6 is 0 Å². The zero-order valence-electron chi connectivity index (χ0n) is 16.2.